The molecule has 0 bridgehead atoms. The van der Waals surface area contributed by atoms with Gasteiger partial charge in [0.2, 0.25) is 11.8 Å². The van der Waals surface area contributed by atoms with Crippen LogP contribution < -0.4 is 10.1 Å². The molecule has 0 unspecified atom stereocenters. The van der Waals surface area contributed by atoms with Crippen LogP contribution in [0.4, 0.5) is 0 Å². The Balaban J connectivity index is 1.89. The summed E-state index contributed by atoms with van der Waals surface area (Å²) in [5.41, 5.74) is 3.93. The number of ether oxygens (including phenoxy) is 1. The predicted octanol–water partition coefficient (Wildman–Crippen LogP) is 5.79. The maximum absolute atomic E-state index is 13.8. The van der Waals surface area contributed by atoms with Gasteiger partial charge in [0.1, 0.15) is 11.8 Å². The summed E-state index contributed by atoms with van der Waals surface area (Å²) < 4.78 is 5.40. The van der Waals surface area contributed by atoms with Crippen molar-refractivity contribution in [2.75, 3.05) is 12.9 Å². The minimum Gasteiger partial charge on any atom is -0.497 e. The first-order chi connectivity index (χ1) is 17.7. The van der Waals surface area contributed by atoms with Crippen molar-refractivity contribution in [2.45, 2.75) is 58.0 Å². The van der Waals surface area contributed by atoms with Crippen molar-refractivity contribution in [1.29, 1.82) is 0 Å². The van der Waals surface area contributed by atoms with Crippen LogP contribution in [0.15, 0.2) is 78.9 Å². The van der Waals surface area contributed by atoms with Crippen LogP contribution in [0, 0.1) is 6.92 Å². The molecule has 0 heterocycles. The molecule has 0 fully saturated rings. The van der Waals surface area contributed by atoms with Gasteiger partial charge in [-0.25, -0.2) is 0 Å². The Kier molecular flexibility index (Phi) is 10.2. The van der Waals surface area contributed by atoms with E-state index in [4.69, 9.17) is 4.74 Å². The standard InChI is InChI=1S/C31H38N2O3S/c1-23-12-9-10-16-26(23)21-37-22-29(34)33(20-25-15-11-17-27(18-25)36-5)28(30(35)32-31(2,3)4)19-24-13-7-6-8-14-24/h6-18,28H,19-22H2,1-5H3,(H,32,35)/t28-/m0/s1. The van der Waals surface area contributed by atoms with Crippen LogP contribution in [-0.4, -0.2) is 41.2 Å². The van der Waals surface area contributed by atoms with Crippen molar-refractivity contribution in [3.05, 3.63) is 101 Å². The number of benzene rings is 3. The number of nitrogens with one attached hydrogen (secondary N) is 1. The second-order valence-corrected chi connectivity index (χ2v) is 11.2. The molecule has 0 aromatic heterocycles. The molecule has 3 aromatic rings. The smallest absolute Gasteiger partial charge is 0.243 e. The molecule has 3 aromatic carbocycles. The van der Waals surface area contributed by atoms with Gasteiger partial charge in [-0.3, -0.25) is 9.59 Å². The molecule has 196 valence electrons. The summed E-state index contributed by atoms with van der Waals surface area (Å²) in [5, 5.41) is 3.11. The number of carbonyl (C=O) groups excluding carboxylic acids is 2. The number of amides is 2. The number of hydrogen-bond acceptors (Lipinski definition) is 4. The first-order valence-electron chi connectivity index (χ1n) is 12.6. The van der Waals surface area contributed by atoms with Gasteiger partial charge in [-0.1, -0.05) is 66.7 Å². The van der Waals surface area contributed by atoms with Crippen molar-refractivity contribution < 1.29 is 14.3 Å². The van der Waals surface area contributed by atoms with Crippen molar-refractivity contribution >= 4 is 23.6 Å². The normalized spacial score (nSPS) is 12.0. The molecule has 0 radical (unpaired) electrons. The summed E-state index contributed by atoms with van der Waals surface area (Å²) in [6.07, 6.45) is 0.431. The van der Waals surface area contributed by atoms with Crippen LogP contribution >= 0.6 is 11.8 Å². The number of hydrogen-bond donors (Lipinski definition) is 1. The molecular formula is C31H38N2O3S. The van der Waals surface area contributed by atoms with Crippen LogP contribution in [0.25, 0.3) is 0 Å². The van der Waals surface area contributed by atoms with Crippen LogP contribution in [0.1, 0.15) is 43.0 Å². The SMILES string of the molecule is COc1cccc(CN(C(=O)CSCc2ccccc2C)[C@@H](Cc2ccccc2)C(=O)NC(C)(C)C)c1. The Morgan fingerprint density at radius 2 is 1.62 bits per heavy atom. The van der Waals surface area contributed by atoms with Crippen molar-refractivity contribution in [2.24, 2.45) is 0 Å². The van der Waals surface area contributed by atoms with E-state index >= 15 is 0 Å². The molecule has 1 N–H and O–H groups in total. The summed E-state index contributed by atoms with van der Waals surface area (Å²) in [5.74, 6) is 1.52. The largest absolute Gasteiger partial charge is 0.497 e. The molecular weight excluding hydrogens is 480 g/mol. The third-order valence-corrected chi connectivity index (χ3v) is 6.97. The van der Waals surface area contributed by atoms with Crippen molar-refractivity contribution in [3.63, 3.8) is 0 Å². The van der Waals surface area contributed by atoms with E-state index in [9.17, 15) is 9.59 Å². The van der Waals surface area contributed by atoms with Crippen LogP contribution in [0.3, 0.4) is 0 Å². The van der Waals surface area contributed by atoms with Gasteiger partial charge in [-0.15, -0.1) is 11.8 Å². The maximum atomic E-state index is 13.8. The Hall–Kier alpha value is -3.25. The highest BCUT2D eigenvalue weighted by molar-refractivity contribution is 7.99. The lowest BCUT2D eigenvalue weighted by molar-refractivity contribution is -0.140. The molecule has 6 heteroatoms. The minimum atomic E-state index is -0.653. The highest BCUT2D eigenvalue weighted by atomic mass is 32.2. The molecule has 5 nitrogen and oxygen atoms in total. The number of thioether (sulfide) groups is 1. The lowest BCUT2D eigenvalue weighted by atomic mass is 10.0. The molecule has 0 saturated carbocycles. The Morgan fingerprint density at radius 1 is 0.946 bits per heavy atom. The second kappa shape index (κ2) is 13.3. The van der Waals surface area contributed by atoms with E-state index in [0.29, 0.717) is 13.0 Å². The van der Waals surface area contributed by atoms with Crippen LogP contribution in [0.5, 0.6) is 5.75 Å². The third-order valence-electron chi connectivity index (χ3n) is 6.00. The number of aryl methyl sites for hydroxylation is 1. The Labute approximate surface area is 225 Å². The zero-order chi connectivity index (χ0) is 26.8. The molecule has 0 aliphatic rings. The number of methoxy groups -OCH3 is 1. The predicted molar refractivity (Wildman–Crippen MR) is 153 cm³/mol. The second-order valence-electron chi connectivity index (χ2n) is 10.2. The van der Waals surface area contributed by atoms with Gasteiger partial charge in [-0.05, 0) is 62.1 Å². The monoisotopic (exact) mass is 518 g/mol. The highest BCUT2D eigenvalue weighted by Gasteiger charge is 2.32. The fourth-order valence-corrected chi connectivity index (χ4v) is 5.06. The summed E-state index contributed by atoms with van der Waals surface area (Å²) in [6, 6.07) is 25.1. The molecule has 0 aliphatic heterocycles. The first-order valence-corrected chi connectivity index (χ1v) is 13.7. The minimum absolute atomic E-state index is 0.0635. The summed E-state index contributed by atoms with van der Waals surface area (Å²) in [6.45, 7) is 8.26. The molecule has 1 atom stereocenters. The van der Waals surface area contributed by atoms with E-state index in [1.54, 1.807) is 23.8 Å². The zero-order valence-electron chi connectivity index (χ0n) is 22.5. The highest BCUT2D eigenvalue weighted by Crippen LogP contribution is 2.22. The van der Waals surface area contributed by atoms with Crippen molar-refractivity contribution in [3.8, 4) is 5.75 Å². The van der Waals surface area contributed by atoms with Gasteiger partial charge in [0, 0.05) is 24.3 Å². The molecule has 2 amide bonds. The third kappa shape index (κ3) is 8.97. The lowest BCUT2D eigenvalue weighted by Gasteiger charge is -2.34. The first kappa shape index (κ1) is 28.3. The van der Waals surface area contributed by atoms with Crippen LogP contribution in [0.2, 0.25) is 0 Å². The van der Waals surface area contributed by atoms with E-state index in [-0.39, 0.29) is 17.6 Å². The van der Waals surface area contributed by atoms with Crippen LogP contribution in [-0.2, 0) is 28.3 Å². The van der Waals surface area contributed by atoms with E-state index in [0.717, 1.165) is 22.6 Å². The number of carbonyl (C=O) groups is 2. The van der Waals surface area contributed by atoms with Gasteiger partial charge in [0.05, 0.1) is 12.9 Å². The Morgan fingerprint density at radius 3 is 2.30 bits per heavy atom. The quantitative estimate of drug-likeness (QED) is 0.349. The van der Waals surface area contributed by atoms with Gasteiger partial charge < -0.3 is 15.0 Å². The topological polar surface area (TPSA) is 58.6 Å². The average molecular weight is 519 g/mol. The summed E-state index contributed by atoms with van der Waals surface area (Å²) >= 11 is 1.58. The fraction of sp³-hybridized carbons (Fsp3) is 0.355. The molecule has 37 heavy (non-hydrogen) atoms. The van der Waals surface area contributed by atoms with E-state index in [1.807, 2.05) is 87.5 Å². The van der Waals surface area contributed by atoms with Crippen molar-refractivity contribution in [1.82, 2.24) is 10.2 Å². The van der Waals surface area contributed by atoms with E-state index < -0.39 is 11.6 Å². The maximum Gasteiger partial charge on any atom is 0.243 e. The molecule has 0 spiro atoms. The van der Waals surface area contributed by atoms with Gasteiger partial charge in [0.15, 0.2) is 0 Å². The van der Waals surface area contributed by atoms with Gasteiger partial charge in [0.25, 0.3) is 0 Å². The summed E-state index contributed by atoms with van der Waals surface area (Å²) in [7, 11) is 1.62. The van der Waals surface area contributed by atoms with Gasteiger partial charge in [-0.2, -0.15) is 0 Å². The summed E-state index contributed by atoms with van der Waals surface area (Å²) in [4.78, 5) is 29.1. The number of rotatable bonds is 11. The molecule has 0 saturated heterocycles. The fourth-order valence-electron chi connectivity index (χ4n) is 4.08. The van der Waals surface area contributed by atoms with E-state index in [1.165, 1.54) is 11.1 Å². The Bertz CT molecular complexity index is 1170. The zero-order valence-corrected chi connectivity index (χ0v) is 23.3. The van der Waals surface area contributed by atoms with Gasteiger partial charge >= 0.3 is 0 Å². The molecule has 3 rings (SSSR count). The molecule has 0 aliphatic carbocycles. The van der Waals surface area contributed by atoms with E-state index in [2.05, 4.69) is 24.4 Å². The average Bonchev–Trinajstić information content (AvgIpc) is 2.87. The lowest BCUT2D eigenvalue weighted by Crippen LogP contribution is -2.54. The number of nitrogens with zero attached hydrogens (tertiary/aromatic N) is 1.